The summed E-state index contributed by atoms with van der Waals surface area (Å²) in [7, 11) is 0. The Balaban J connectivity index is 0.835. The number of nitrogens with one attached hydrogen (secondary N) is 4. The highest BCUT2D eigenvalue weighted by Crippen LogP contribution is 2.32. The van der Waals surface area contributed by atoms with E-state index in [-0.39, 0.29) is 61.9 Å². The smallest absolute Gasteiger partial charge is 0.320 e. The number of benzene rings is 3. The van der Waals surface area contributed by atoms with Gasteiger partial charge >= 0.3 is 6.01 Å². The molecule has 1 unspecified atom stereocenters. The summed E-state index contributed by atoms with van der Waals surface area (Å²) in [6.45, 7) is 5.24. The van der Waals surface area contributed by atoms with E-state index < -0.39 is 11.9 Å². The van der Waals surface area contributed by atoms with E-state index >= 15 is 0 Å². The van der Waals surface area contributed by atoms with Crippen LogP contribution in [0.25, 0.3) is 0 Å². The van der Waals surface area contributed by atoms with Crippen molar-refractivity contribution in [3.63, 3.8) is 0 Å². The number of morpholine rings is 1. The molecule has 16 nitrogen and oxygen atoms in total. The fourth-order valence-electron chi connectivity index (χ4n) is 7.15. The molecule has 2 fully saturated rings. The van der Waals surface area contributed by atoms with E-state index in [0.29, 0.717) is 80.5 Å². The number of carbonyl (C=O) groups excluding carboxylic acids is 5. The van der Waals surface area contributed by atoms with Gasteiger partial charge in [-0.15, -0.1) is 0 Å². The van der Waals surface area contributed by atoms with Crippen molar-refractivity contribution in [2.45, 2.75) is 64.5 Å². The van der Waals surface area contributed by atoms with Crippen LogP contribution in [0.4, 0.5) is 23.0 Å². The van der Waals surface area contributed by atoms with Gasteiger partial charge < -0.3 is 29.9 Å². The topological polar surface area (TPSA) is 197 Å². The van der Waals surface area contributed by atoms with E-state index in [4.69, 9.17) is 9.47 Å². The molecule has 306 valence electrons. The van der Waals surface area contributed by atoms with Gasteiger partial charge in [0.1, 0.15) is 11.9 Å². The van der Waals surface area contributed by atoms with Crippen LogP contribution in [0.1, 0.15) is 71.1 Å². The largest absolute Gasteiger partial charge is 0.463 e. The van der Waals surface area contributed by atoms with Gasteiger partial charge in [0.25, 0.3) is 5.91 Å². The lowest BCUT2D eigenvalue weighted by molar-refractivity contribution is -0.137. The number of ether oxygens (including phenoxy) is 2. The molecule has 0 radical (unpaired) electrons. The number of unbranched alkanes of at least 4 members (excludes halogenated alkanes) is 1. The van der Waals surface area contributed by atoms with Crippen LogP contribution in [-0.4, -0.2) is 89.6 Å². The summed E-state index contributed by atoms with van der Waals surface area (Å²) in [5.41, 5.74) is 8.24. The van der Waals surface area contributed by atoms with Gasteiger partial charge in [0.15, 0.2) is 5.82 Å². The molecular formula is C43H47N9O7. The fourth-order valence-corrected chi connectivity index (χ4v) is 7.15. The molecule has 16 heteroatoms. The van der Waals surface area contributed by atoms with Crippen molar-refractivity contribution in [3.05, 3.63) is 101 Å². The first-order valence-corrected chi connectivity index (χ1v) is 19.8. The number of imide groups is 1. The van der Waals surface area contributed by atoms with Gasteiger partial charge in [-0.3, -0.25) is 34.7 Å². The van der Waals surface area contributed by atoms with E-state index in [1.165, 1.54) is 4.90 Å². The molecule has 59 heavy (non-hydrogen) atoms. The molecule has 0 bridgehead atoms. The Kier molecular flexibility index (Phi) is 13.2. The lowest BCUT2D eigenvalue weighted by atomic mass is 10.0. The van der Waals surface area contributed by atoms with Crippen LogP contribution in [0.2, 0.25) is 0 Å². The minimum absolute atomic E-state index is 0.161. The Morgan fingerprint density at radius 1 is 0.949 bits per heavy atom. The summed E-state index contributed by atoms with van der Waals surface area (Å²) in [6.07, 6.45) is 4.13. The summed E-state index contributed by atoms with van der Waals surface area (Å²) in [4.78, 5) is 75.6. The van der Waals surface area contributed by atoms with Crippen molar-refractivity contribution in [2.24, 2.45) is 5.10 Å². The summed E-state index contributed by atoms with van der Waals surface area (Å²) in [6, 6.07) is 22.1. The number of piperidine rings is 1. The van der Waals surface area contributed by atoms with Crippen LogP contribution in [0.15, 0.2) is 77.9 Å². The molecule has 1 atom stereocenters. The lowest BCUT2D eigenvalue weighted by Crippen LogP contribution is -2.52. The highest BCUT2D eigenvalue weighted by molar-refractivity contribution is 6.09. The third-order valence-electron chi connectivity index (χ3n) is 10.2. The number of fused-ring (bicyclic) bond motifs is 1. The second kappa shape index (κ2) is 19.2. The fraction of sp³-hybridized carbons (Fsp3) is 0.349. The number of aryl methyl sites for hydroxylation is 1. The minimum Gasteiger partial charge on any atom is -0.463 e. The van der Waals surface area contributed by atoms with Crippen molar-refractivity contribution >= 4 is 58.8 Å². The molecule has 0 aliphatic carbocycles. The van der Waals surface area contributed by atoms with E-state index in [9.17, 15) is 24.0 Å². The zero-order chi connectivity index (χ0) is 41.1. The van der Waals surface area contributed by atoms with Gasteiger partial charge in [-0.05, 0) is 61.1 Å². The number of carbonyl (C=O) groups is 5. The van der Waals surface area contributed by atoms with Crippen LogP contribution in [0.3, 0.4) is 0 Å². The molecule has 4 heterocycles. The van der Waals surface area contributed by atoms with Crippen LogP contribution in [0.5, 0.6) is 6.01 Å². The SMILES string of the molecule is Cc1cccc(/C=N/Nc2cc(N3CCOCC3)nc(OCCc3ccc(NC(=O)CCCCC(=O)Nc4cccc5c4C(=O)N(C4CCC(=O)NC4=O)C5)cc3)n2)c1. The molecule has 7 rings (SSSR count). The van der Waals surface area contributed by atoms with E-state index in [0.717, 1.165) is 22.5 Å². The Bertz CT molecular complexity index is 2220. The predicted molar refractivity (Wildman–Crippen MR) is 221 cm³/mol. The molecule has 2 saturated heterocycles. The Morgan fingerprint density at radius 2 is 1.71 bits per heavy atom. The summed E-state index contributed by atoms with van der Waals surface area (Å²) in [5.74, 6) is -0.392. The number of hydrazone groups is 1. The first-order valence-electron chi connectivity index (χ1n) is 19.8. The molecule has 3 aliphatic rings. The molecule has 0 saturated carbocycles. The van der Waals surface area contributed by atoms with Crippen LogP contribution in [0, 0.1) is 6.92 Å². The number of aromatic nitrogens is 2. The van der Waals surface area contributed by atoms with Gasteiger partial charge in [0.2, 0.25) is 23.6 Å². The first kappa shape index (κ1) is 40.5. The van der Waals surface area contributed by atoms with Gasteiger partial charge in [-0.25, -0.2) is 0 Å². The van der Waals surface area contributed by atoms with Gasteiger partial charge in [0.05, 0.1) is 37.3 Å². The first-order chi connectivity index (χ1) is 28.7. The average Bonchev–Trinajstić information content (AvgIpc) is 3.57. The number of amides is 5. The maximum absolute atomic E-state index is 13.3. The van der Waals surface area contributed by atoms with Crippen molar-refractivity contribution in [3.8, 4) is 6.01 Å². The van der Waals surface area contributed by atoms with Gasteiger partial charge in [0, 0.05) is 57.1 Å². The van der Waals surface area contributed by atoms with Crippen molar-refractivity contribution in [1.82, 2.24) is 20.2 Å². The minimum atomic E-state index is -0.736. The highest BCUT2D eigenvalue weighted by atomic mass is 16.5. The normalized spacial score (nSPS) is 16.5. The average molecular weight is 802 g/mol. The molecule has 4 N–H and O–H groups in total. The molecule has 1 aromatic heterocycles. The predicted octanol–water partition coefficient (Wildman–Crippen LogP) is 4.59. The maximum Gasteiger partial charge on any atom is 0.320 e. The zero-order valence-corrected chi connectivity index (χ0v) is 32.9. The standard InChI is InChI=1S/C43H47N9O7/c1-28-6-4-7-30(24-28)26-44-50-35-25-36(51-19-22-58-23-20-51)48-43(47-35)59-21-18-29-12-14-32(15-13-29)45-37(53)10-2-3-11-38(54)46-33-9-5-8-31-27-52(42(57)40(31)33)34-16-17-39(55)49-41(34)56/h4-9,12-15,24-26,34H,2-3,10-11,16-23,27H2,1H3,(H,45,53)(H,46,54)(H,47,48,50)(H,49,55,56)/b44-26+. The number of hydrogen-bond donors (Lipinski definition) is 4. The highest BCUT2D eigenvalue weighted by Gasteiger charge is 2.40. The second-order valence-electron chi connectivity index (χ2n) is 14.6. The van der Waals surface area contributed by atoms with E-state index in [1.54, 1.807) is 24.4 Å². The number of rotatable bonds is 16. The molecule has 0 spiro atoms. The third kappa shape index (κ3) is 10.8. The second-order valence-corrected chi connectivity index (χ2v) is 14.6. The van der Waals surface area contributed by atoms with Gasteiger partial charge in [-0.2, -0.15) is 15.1 Å². The molecule has 3 aromatic carbocycles. The van der Waals surface area contributed by atoms with Crippen LogP contribution < -0.4 is 31.0 Å². The molecule has 4 aromatic rings. The number of nitrogens with zero attached hydrogens (tertiary/aromatic N) is 5. The van der Waals surface area contributed by atoms with Crippen LogP contribution in [-0.2, 0) is 36.9 Å². The summed E-state index contributed by atoms with van der Waals surface area (Å²) in [5, 5.41) is 12.4. The monoisotopic (exact) mass is 801 g/mol. The molecule has 3 aliphatic heterocycles. The van der Waals surface area contributed by atoms with Gasteiger partial charge in [-0.1, -0.05) is 54.1 Å². The Morgan fingerprint density at radius 3 is 2.47 bits per heavy atom. The van der Waals surface area contributed by atoms with Crippen molar-refractivity contribution in [1.29, 1.82) is 0 Å². The molecular weight excluding hydrogens is 755 g/mol. The maximum atomic E-state index is 13.3. The van der Waals surface area contributed by atoms with E-state index in [1.807, 2.05) is 61.5 Å². The third-order valence-corrected chi connectivity index (χ3v) is 10.2. The lowest BCUT2D eigenvalue weighted by Gasteiger charge is -2.29. The van der Waals surface area contributed by atoms with Crippen LogP contribution >= 0.6 is 0 Å². The Labute approximate surface area is 341 Å². The number of anilines is 4. The summed E-state index contributed by atoms with van der Waals surface area (Å²) < 4.78 is 11.5. The quantitative estimate of drug-likeness (QED) is 0.0536. The van der Waals surface area contributed by atoms with Crippen molar-refractivity contribution in [2.75, 3.05) is 53.9 Å². The zero-order valence-electron chi connectivity index (χ0n) is 32.9. The van der Waals surface area contributed by atoms with E-state index in [2.05, 4.69) is 41.3 Å². The summed E-state index contributed by atoms with van der Waals surface area (Å²) >= 11 is 0. The number of hydrogen-bond acceptors (Lipinski definition) is 12. The van der Waals surface area contributed by atoms with Crippen molar-refractivity contribution < 1.29 is 33.4 Å². The molecule has 5 amide bonds. The Hall–Kier alpha value is -6.68.